The number of benzene rings is 2. The van der Waals surface area contributed by atoms with Crippen molar-refractivity contribution in [1.29, 1.82) is 0 Å². The molecule has 9 heteroatoms. The van der Waals surface area contributed by atoms with Crippen molar-refractivity contribution in [2.75, 3.05) is 5.75 Å². The van der Waals surface area contributed by atoms with Crippen LogP contribution in [0.3, 0.4) is 0 Å². The molecule has 27 heavy (non-hydrogen) atoms. The van der Waals surface area contributed by atoms with Crippen LogP contribution in [0.4, 0.5) is 0 Å². The maximum Gasteiger partial charge on any atom is 0.284 e. The summed E-state index contributed by atoms with van der Waals surface area (Å²) < 4.78 is 27.1. The number of amides is 1. The summed E-state index contributed by atoms with van der Waals surface area (Å²) in [5, 5.41) is 1.01. The van der Waals surface area contributed by atoms with E-state index in [4.69, 9.17) is 23.2 Å². The number of carbonyl (C=O) groups excluding carboxylic acids is 1. The third kappa shape index (κ3) is 4.32. The van der Waals surface area contributed by atoms with Crippen LogP contribution in [-0.2, 0) is 10.0 Å². The van der Waals surface area contributed by atoms with Gasteiger partial charge in [-0.3, -0.25) is 9.36 Å². The van der Waals surface area contributed by atoms with Gasteiger partial charge in [-0.05, 0) is 43.3 Å². The molecular formula is C18H15Cl2N3O3S. The molecule has 0 saturated heterocycles. The molecule has 0 bridgehead atoms. The molecule has 0 unspecified atom stereocenters. The highest BCUT2D eigenvalue weighted by Crippen LogP contribution is 2.29. The van der Waals surface area contributed by atoms with Gasteiger partial charge in [-0.25, -0.2) is 18.1 Å². The fraction of sp³-hybridized carbons (Fsp3) is 0.111. The summed E-state index contributed by atoms with van der Waals surface area (Å²) in [5.41, 5.74) is 1.25. The molecule has 0 aliphatic heterocycles. The number of halogens is 2. The number of hydrogen-bond donors (Lipinski definition) is 1. The van der Waals surface area contributed by atoms with Gasteiger partial charge < -0.3 is 0 Å². The average molecular weight is 424 g/mol. The predicted octanol–water partition coefficient (Wildman–Crippen LogP) is 3.93. The Labute approximate surface area is 166 Å². The van der Waals surface area contributed by atoms with Crippen molar-refractivity contribution in [3.8, 4) is 17.1 Å². The van der Waals surface area contributed by atoms with Crippen LogP contribution in [-0.4, -0.2) is 29.6 Å². The van der Waals surface area contributed by atoms with E-state index in [1.165, 1.54) is 13.1 Å². The molecule has 1 heterocycles. The molecule has 2 aromatic carbocycles. The molecule has 0 fully saturated rings. The van der Waals surface area contributed by atoms with Crippen molar-refractivity contribution in [2.45, 2.75) is 6.92 Å². The van der Waals surface area contributed by atoms with Crippen molar-refractivity contribution >= 4 is 39.1 Å². The summed E-state index contributed by atoms with van der Waals surface area (Å²) >= 11 is 12.2. The molecule has 1 aromatic heterocycles. The molecular weight excluding hydrogens is 409 g/mol. The van der Waals surface area contributed by atoms with E-state index in [1.807, 2.05) is 4.72 Å². The van der Waals surface area contributed by atoms with E-state index in [-0.39, 0.29) is 11.4 Å². The zero-order chi connectivity index (χ0) is 19.6. The minimum absolute atomic E-state index is 0.0445. The fourth-order valence-electron chi connectivity index (χ4n) is 2.39. The van der Waals surface area contributed by atoms with Crippen molar-refractivity contribution in [3.05, 3.63) is 70.5 Å². The number of rotatable bonds is 5. The Hall–Kier alpha value is -2.35. The smallest absolute Gasteiger partial charge is 0.284 e. The summed E-state index contributed by atoms with van der Waals surface area (Å²) in [7, 11) is -3.71. The first-order valence-corrected chi connectivity index (χ1v) is 10.4. The van der Waals surface area contributed by atoms with E-state index in [2.05, 4.69) is 4.98 Å². The highest BCUT2D eigenvalue weighted by atomic mass is 35.5. The van der Waals surface area contributed by atoms with Crippen LogP contribution in [0.15, 0.2) is 54.7 Å². The monoisotopic (exact) mass is 423 g/mol. The third-order valence-corrected chi connectivity index (χ3v) is 5.62. The molecule has 6 nitrogen and oxygen atoms in total. The van der Waals surface area contributed by atoms with Crippen molar-refractivity contribution < 1.29 is 13.2 Å². The SMILES string of the molecule is CCS(=O)(=O)NC(=O)c1cn(-c2ccc(Cl)cc2)c(-c2ccccc2Cl)n1. The number of imidazole rings is 1. The van der Waals surface area contributed by atoms with E-state index in [1.54, 1.807) is 53.1 Å². The second-order valence-corrected chi connectivity index (χ2v) is 8.47. The Morgan fingerprint density at radius 3 is 2.41 bits per heavy atom. The topological polar surface area (TPSA) is 81.1 Å². The minimum Gasteiger partial charge on any atom is -0.299 e. The van der Waals surface area contributed by atoms with Crippen LogP contribution in [0.25, 0.3) is 17.1 Å². The van der Waals surface area contributed by atoms with Gasteiger partial charge in [-0.2, -0.15) is 0 Å². The van der Waals surface area contributed by atoms with Crippen LogP contribution >= 0.6 is 23.2 Å². The van der Waals surface area contributed by atoms with Crippen LogP contribution in [0, 0.1) is 0 Å². The summed E-state index contributed by atoms with van der Waals surface area (Å²) in [6.45, 7) is 1.44. The number of sulfonamides is 1. The highest BCUT2D eigenvalue weighted by molar-refractivity contribution is 7.90. The molecule has 140 valence electrons. The normalized spacial score (nSPS) is 11.4. The van der Waals surface area contributed by atoms with E-state index in [9.17, 15) is 13.2 Å². The molecule has 0 spiro atoms. The maximum absolute atomic E-state index is 12.4. The summed E-state index contributed by atoms with van der Waals surface area (Å²) in [5.74, 6) is -0.617. The van der Waals surface area contributed by atoms with Crippen LogP contribution in [0.2, 0.25) is 10.0 Å². The number of hydrogen-bond acceptors (Lipinski definition) is 4. The molecule has 3 aromatic rings. The van der Waals surface area contributed by atoms with Crippen LogP contribution in [0.1, 0.15) is 17.4 Å². The Morgan fingerprint density at radius 2 is 1.78 bits per heavy atom. The van der Waals surface area contributed by atoms with Gasteiger partial charge in [0.1, 0.15) is 11.5 Å². The van der Waals surface area contributed by atoms with Gasteiger partial charge in [0.05, 0.1) is 10.8 Å². The lowest BCUT2D eigenvalue weighted by molar-refractivity contribution is 0.0977. The molecule has 1 amide bonds. The lowest BCUT2D eigenvalue weighted by atomic mass is 10.2. The average Bonchev–Trinajstić information content (AvgIpc) is 3.08. The summed E-state index contributed by atoms with van der Waals surface area (Å²) in [6, 6.07) is 14.0. The predicted molar refractivity (Wildman–Crippen MR) is 106 cm³/mol. The molecule has 1 N–H and O–H groups in total. The van der Waals surface area contributed by atoms with Gasteiger partial charge in [0.2, 0.25) is 10.0 Å². The molecule has 3 rings (SSSR count). The lowest BCUT2D eigenvalue weighted by Crippen LogP contribution is -2.32. The Kier molecular flexibility index (Phi) is 5.55. The summed E-state index contributed by atoms with van der Waals surface area (Å²) in [6.07, 6.45) is 1.46. The van der Waals surface area contributed by atoms with E-state index in [0.717, 1.165) is 0 Å². The van der Waals surface area contributed by atoms with Gasteiger partial charge >= 0.3 is 0 Å². The highest BCUT2D eigenvalue weighted by Gasteiger charge is 2.21. The molecule has 0 atom stereocenters. The first kappa shape index (κ1) is 19.4. The number of carbonyl (C=O) groups is 1. The van der Waals surface area contributed by atoms with E-state index in [0.29, 0.717) is 27.1 Å². The summed E-state index contributed by atoms with van der Waals surface area (Å²) in [4.78, 5) is 16.7. The third-order valence-electron chi connectivity index (χ3n) is 3.79. The van der Waals surface area contributed by atoms with Crippen molar-refractivity contribution in [3.63, 3.8) is 0 Å². The number of nitrogens with zero attached hydrogens (tertiary/aromatic N) is 2. The zero-order valence-electron chi connectivity index (χ0n) is 14.2. The number of nitrogens with one attached hydrogen (secondary N) is 1. The van der Waals surface area contributed by atoms with Gasteiger partial charge in [0.15, 0.2) is 0 Å². The van der Waals surface area contributed by atoms with Gasteiger partial charge in [0, 0.05) is 22.5 Å². The lowest BCUT2D eigenvalue weighted by Gasteiger charge is -2.09. The second-order valence-electron chi connectivity index (χ2n) is 5.61. The first-order valence-electron chi connectivity index (χ1n) is 7.96. The van der Waals surface area contributed by atoms with Gasteiger partial charge in [0.25, 0.3) is 5.91 Å². The first-order chi connectivity index (χ1) is 12.8. The second kappa shape index (κ2) is 7.72. The molecule has 0 aliphatic rings. The van der Waals surface area contributed by atoms with Gasteiger partial charge in [-0.15, -0.1) is 0 Å². The molecule has 0 saturated carbocycles. The Morgan fingerprint density at radius 1 is 1.11 bits per heavy atom. The van der Waals surface area contributed by atoms with E-state index >= 15 is 0 Å². The maximum atomic E-state index is 12.4. The number of aromatic nitrogens is 2. The fourth-order valence-corrected chi connectivity index (χ4v) is 3.26. The molecule has 0 radical (unpaired) electrons. The largest absolute Gasteiger partial charge is 0.299 e. The van der Waals surface area contributed by atoms with Gasteiger partial charge in [-0.1, -0.05) is 35.3 Å². The van der Waals surface area contributed by atoms with Crippen LogP contribution in [0.5, 0.6) is 0 Å². The standard InChI is InChI=1S/C18H15Cl2N3O3S/c1-2-27(25,26)22-18(24)16-11-23(13-9-7-12(19)8-10-13)17(21-16)14-5-3-4-6-15(14)20/h3-11H,2H2,1H3,(H,22,24). The molecule has 0 aliphatic carbocycles. The Balaban J connectivity index is 2.13. The minimum atomic E-state index is -3.71. The Bertz CT molecular complexity index is 1090. The zero-order valence-corrected chi connectivity index (χ0v) is 16.5. The van der Waals surface area contributed by atoms with E-state index < -0.39 is 15.9 Å². The quantitative estimate of drug-likeness (QED) is 0.673. The van der Waals surface area contributed by atoms with Crippen molar-refractivity contribution in [2.24, 2.45) is 0 Å². The van der Waals surface area contributed by atoms with Crippen molar-refractivity contribution in [1.82, 2.24) is 14.3 Å². The van der Waals surface area contributed by atoms with Crippen LogP contribution < -0.4 is 4.72 Å².